The molecular formula is C10H9BrClIN4O. The summed E-state index contributed by atoms with van der Waals surface area (Å²) in [5.41, 5.74) is 1.65. The molecule has 2 aromatic heterocycles. The molecule has 0 unspecified atom stereocenters. The van der Waals surface area contributed by atoms with E-state index in [1.165, 1.54) is 10.9 Å². The van der Waals surface area contributed by atoms with Crippen molar-refractivity contribution in [1.82, 2.24) is 19.3 Å². The van der Waals surface area contributed by atoms with E-state index in [0.29, 0.717) is 10.1 Å². The summed E-state index contributed by atoms with van der Waals surface area (Å²) in [5, 5.41) is 4.52. The zero-order chi connectivity index (χ0) is 13.4. The van der Waals surface area contributed by atoms with E-state index in [9.17, 15) is 4.79 Å². The third-order valence-corrected chi connectivity index (χ3v) is 5.13. The Bertz CT molecular complexity index is 667. The van der Waals surface area contributed by atoms with Crippen LogP contribution in [0.2, 0.25) is 5.15 Å². The van der Waals surface area contributed by atoms with Gasteiger partial charge in [0.25, 0.3) is 5.56 Å². The van der Waals surface area contributed by atoms with E-state index in [-0.39, 0.29) is 10.7 Å². The molecule has 0 saturated heterocycles. The summed E-state index contributed by atoms with van der Waals surface area (Å²) in [6, 6.07) is 0. The molecule has 0 spiro atoms. The van der Waals surface area contributed by atoms with Crippen LogP contribution in [0.1, 0.15) is 11.4 Å². The smallest absolute Gasteiger partial charge is 0.268 e. The molecule has 0 aliphatic heterocycles. The lowest BCUT2D eigenvalue weighted by molar-refractivity contribution is 0.640. The van der Waals surface area contributed by atoms with Gasteiger partial charge in [0, 0.05) is 7.05 Å². The average molecular weight is 443 g/mol. The average Bonchev–Trinajstić information content (AvgIpc) is 2.56. The second-order valence-electron chi connectivity index (χ2n) is 3.75. The van der Waals surface area contributed by atoms with Gasteiger partial charge in [-0.2, -0.15) is 5.10 Å². The van der Waals surface area contributed by atoms with Gasteiger partial charge in [-0.1, -0.05) is 11.6 Å². The molecule has 2 aromatic rings. The summed E-state index contributed by atoms with van der Waals surface area (Å²) < 4.78 is 4.58. The Labute approximate surface area is 130 Å². The van der Waals surface area contributed by atoms with Gasteiger partial charge in [-0.3, -0.25) is 14.0 Å². The molecule has 2 rings (SSSR count). The first-order chi connectivity index (χ1) is 8.41. The summed E-state index contributed by atoms with van der Waals surface area (Å²) in [5.74, 6) is 0. The predicted octanol–water partition coefficient (Wildman–Crippen LogP) is 2.35. The second-order valence-corrected chi connectivity index (χ2v) is 5.98. The molecule has 18 heavy (non-hydrogen) atoms. The Morgan fingerprint density at radius 1 is 1.56 bits per heavy atom. The first kappa shape index (κ1) is 14.0. The van der Waals surface area contributed by atoms with Gasteiger partial charge in [-0.25, -0.2) is 4.98 Å². The monoisotopic (exact) mass is 442 g/mol. The SMILES string of the molecule is Cc1nn(C)c(Cn2cnc(Cl)c(I)c2=O)c1Br. The lowest BCUT2D eigenvalue weighted by atomic mass is 10.3. The van der Waals surface area contributed by atoms with Crippen molar-refractivity contribution >= 4 is 50.1 Å². The fourth-order valence-electron chi connectivity index (χ4n) is 1.57. The van der Waals surface area contributed by atoms with E-state index in [4.69, 9.17) is 11.6 Å². The lowest BCUT2D eigenvalue weighted by Crippen LogP contribution is -2.24. The Kier molecular flexibility index (Phi) is 4.12. The Morgan fingerprint density at radius 2 is 2.22 bits per heavy atom. The minimum atomic E-state index is -0.152. The maximum Gasteiger partial charge on any atom is 0.268 e. The van der Waals surface area contributed by atoms with E-state index < -0.39 is 0 Å². The van der Waals surface area contributed by atoms with Gasteiger partial charge >= 0.3 is 0 Å². The highest BCUT2D eigenvalue weighted by atomic mass is 127. The van der Waals surface area contributed by atoms with E-state index in [0.717, 1.165) is 15.9 Å². The third-order valence-electron chi connectivity index (χ3n) is 2.52. The largest absolute Gasteiger partial charge is 0.292 e. The highest BCUT2D eigenvalue weighted by Crippen LogP contribution is 2.20. The predicted molar refractivity (Wildman–Crippen MR) is 81.0 cm³/mol. The molecule has 0 amide bonds. The summed E-state index contributed by atoms with van der Waals surface area (Å²) in [7, 11) is 1.84. The van der Waals surface area contributed by atoms with Gasteiger partial charge in [0.15, 0.2) is 0 Å². The van der Waals surface area contributed by atoms with Crippen LogP contribution in [0.15, 0.2) is 15.6 Å². The number of hydrogen-bond acceptors (Lipinski definition) is 3. The molecule has 0 saturated carbocycles. The van der Waals surface area contributed by atoms with Gasteiger partial charge in [0.2, 0.25) is 0 Å². The van der Waals surface area contributed by atoms with Crippen LogP contribution < -0.4 is 5.56 Å². The zero-order valence-electron chi connectivity index (χ0n) is 9.62. The summed E-state index contributed by atoms with van der Waals surface area (Å²) in [6.45, 7) is 2.30. The number of hydrogen-bond donors (Lipinski definition) is 0. The van der Waals surface area contributed by atoms with E-state index >= 15 is 0 Å². The molecule has 2 heterocycles. The van der Waals surface area contributed by atoms with Crippen LogP contribution in [-0.2, 0) is 13.6 Å². The number of halogens is 3. The fourth-order valence-corrected chi connectivity index (χ4v) is 2.60. The molecule has 0 radical (unpaired) electrons. The topological polar surface area (TPSA) is 52.7 Å². The molecule has 0 atom stereocenters. The van der Waals surface area contributed by atoms with Crippen LogP contribution in [-0.4, -0.2) is 19.3 Å². The van der Waals surface area contributed by atoms with Crippen LogP contribution >= 0.6 is 50.1 Å². The molecule has 0 aliphatic carbocycles. The molecular weight excluding hydrogens is 434 g/mol. The van der Waals surface area contributed by atoms with Crippen LogP contribution in [0.25, 0.3) is 0 Å². The molecule has 0 fully saturated rings. The first-order valence-electron chi connectivity index (χ1n) is 5.00. The van der Waals surface area contributed by atoms with Crippen molar-refractivity contribution in [3.63, 3.8) is 0 Å². The van der Waals surface area contributed by atoms with Crippen molar-refractivity contribution in [1.29, 1.82) is 0 Å². The van der Waals surface area contributed by atoms with E-state index in [1.54, 1.807) is 4.68 Å². The normalized spacial score (nSPS) is 10.9. The van der Waals surface area contributed by atoms with Crippen molar-refractivity contribution < 1.29 is 0 Å². The van der Waals surface area contributed by atoms with Gasteiger partial charge in [-0.15, -0.1) is 0 Å². The first-order valence-corrected chi connectivity index (χ1v) is 7.25. The highest BCUT2D eigenvalue weighted by Gasteiger charge is 2.13. The molecule has 5 nitrogen and oxygen atoms in total. The number of aryl methyl sites for hydroxylation is 2. The van der Waals surface area contributed by atoms with Gasteiger partial charge in [0.05, 0.1) is 28.7 Å². The highest BCUT2D eigenvalue weighted by molar-refractivity contribution is 14.1. The van der Waals surface area contributed by atoms with Gasteiger partial charge < -0.3 is 0 Å². The van der Waals surface area contributed by atoms with Crippen molar-refractivity contribution in [2.24, 2.45) is 7.05 Å². The van der Waals surface area contributed by atoms with Gasteiger partial charge in [-0.05, 0) is 45.4 Å². The van der Waals surface area contributed by atoms with Crippen LogP contribution in [0, 0.1) is 10.5 Å². The molecule has 96 valence electrons. The van der Waals surface area contributed by atoms with Gasteiger partial charge in [0.1, 0.15) is 8.72 Å². The maximum absolute atomic E-state index is 12.0. The van der Waals surface area contributed by atoms with Crippen molar-refractivity contribution in [3.8, 4) is 0 Å². The van der Waals surface area contributed by atoms with Crippen LogP contribution in [0.3, 0.4) is 0 Å². The summed E-state index contributed by atoms with van der Waals surface area (Å²) >= 11 is 11.2. The molecule has 0 N–H and O–H groups in total. The lowest BCUT2D eigenvalue weighted by Gasteiger charge is -2.07. The van der Waals surface area contributed by atoms with Crippen LogP contribution in [0.4, 0.5) is 0 Å². The third kappa shape index (κ3) is 2.48. The fraction of sp³-hybridized carbons (Fsp3) is 0.300. The number of rotatable bonds is 2. The standard InChI is InChI=1S/C10H9BrClIN4O/c1-5-7(11)6(16(2)15-5)3-17-4-14-9(12)8(13)10(17)18/h4H,3H2,1-2H3. The molecule has 0 aromatic carbocycles. The van der Waals surface area contributed by atoms with Crippen molar-refractivity contribution in [2.45, 2.75) is 13.5 Å². The summed E-state index contributed by atoms with van der Waals surface area (Å²) in [6.07, 6.45) is 1.45. The Hall–Kier alpha value is -0.410. The maximum atomic E-state index is 12.0. The molecule has 8 heteroatoms. The van der Waals surface area contributed by atoms with Crippen molar-refractivity contribution in [2.75, 3.05) is 0 Å². The van der Waals surface area contributed by atoms with E-state index in [1.807, 2.05) is 36.6 Å². The second kappa shape index (κ2) is 5.30. The molecule has 0 aliphatic rings. The molecule has 0 bridgehead atoms. The summed E-state index contributed by atoms with van der Waals surface area (Å²) in [4.78, 5) is 16.0. The number of aromatic nitrogens is 4. The zero-order valence-corrected chi connectivity index (χ0v) is 14.1. The minimum absolute atomic E-state index is 0.152. The Balaban J connectivity index is 2.47. The number of nitrogens with zero attached hydrogens (tertiary/aromatic N) is 4. The van der Waals surface area contributed by atoms with Crippen molar-refractivity contribution in [3.05, 3.63) is 41.3 Å². The quantitative estimate of drug-likeness (QED) is 0.529. The van der Waals surface area contributed by atoms with Crippen LogP contribution in [0.5, 0.6) is 0 Å². The van der Waals surface area contributed by atoms with E-state index in [2.05, 4.69) is 26.0 Å². The minimum Gasteiger partial charge on any atom is -0.292 e. The Morgan fingerprint density at radius 3 is 2.78 bits per heavy atom.